The van der Waals surface area contributed by atoms with E-state index in [1.807, 2.05) is 0 Å². The van der Waals surface area contributed by atoms with Crippen LogP contribution in [-0.2, 0) is 13.2 Å². The van der Waals surface area contributed by atoms with E-state index in [0.717, 1.165) is 5.56 Å². The molecule has 0 saturated carbocycles. The van der Waals surface area contributed by atoms with Crippen molar-refractivity contribution in [3.05, 3.63) is 24.0 Å². The zero-order valence-corrected chi connectivity index (χ0v) is 6.72. The van der Waals surface area contributed by atoms with Crippen LogP contribution < -0.4 is 0 Å². The first-order valence-electron chi connectivity index (χ1n) is 3.80. The Hall–Kier alpha value is -0.840. The molecule has 0 bridgehead atoms. The van der Waals surface area contributed by atoms with Crippen molar-refractivity contribution in [3.63, 3.8) is 0 Å². The minimum Gasteiger partial charge on any atom is -0.394 e. The third-order valence-corrected chi connectivity index (χ3v) is 1.63. The van der Waals surface area contributed by atoms with Crippen LogP contribution in [0.2, 0.25) is 0 Å². The molecular weight excluding hydrogens is 158 g/mol. The molecule has 1 heterocycles. The maximum absolute atomic E-state index is 9.06. The number of hydrogen-bond acceptors (Lipinski definition) is 3. The summed E-state index contributed by atoms with van der Waals surface area (Å²) < 4.78 is 1.73. The van der Waals surface area contributed by atoms with Gasteiger partial charge in [0, 0.05) is 12.4 Å². The van der Waals surface area contributed by atoms with E-state index in [-0.39, 0.29) is 13.2 Å². The standard InChI is InChI=1S/C8H13NO3/c10-5-7-1-2-9(3-7)4-8(12)6-11/h1-3,8,10-12H,4-6H2. The lowest BCUT2D eigenvalue weighted by atomic mass is 10.4. The third-order valence-electron chi connectivity index (χ3n) is 1.63. The molecule has 1 atom stereocenters. The maximum atomic E-state index is 9.06. The molecule has 1 rings (SSSR count). The second kappa shape index (κ2) is 4.25. The van der Waals surface area contributed by atoms with Crippen LogP contribution in [0.3, 0.4) is 0 Å². The molecule has 4 heteroatoms. The summed E-state index contributed by atoms with van der Waals surface area (Å²) >= 11 is 0. The first-order valence-corrected chi connectivity index (χ1v) is 3.80. The Morgan fingerprint density at radius 1 is 1.42 bits per heavy atom. The van der Waals surface area contributed by atoms with Gasteiger partial charge in [0.25, 0.3) is 0 Å². The summed E-state index contributed by atoms with van der Waals surface area (Å²) in [6.07, 6.45) is 2.76. The molecule has 0 radical (unpaired) electrons. The summed E-state index contributed by atoms with van der Waals surface area (Å²) in [6.45, 7) is 0.116. The second-order valence-corrected chi connectivity index (χ2v) is 2.71. The normalized spacial score (nSPS) is 13.2. The Balaban J connectivity index is 2.52. The molecular formula is C8H13NO3. The van der Waals surface area contributed by atoms with Gasteiger partial charge in [0.05, 0.1) is 25.9 Å². The summed E-state index contributed by atoms with van der Waals surface area (Å²) in [7, 11) is 0. The molecule has 0 fully saturated rings. The van der Waals surface area contributed by atoms with Gasteiger partial charge in [-0.2, -0.15) is 0 Å². The number of aliphatic hydroxyl groups is 3. The van der Waals surface area contributed by atoms with E-state index >= 15 is 0 Å². The molecule has 0 aliphatic heterocycles. The van der Waals surface area contributed by atoms with Crippen molar-refractivity contribution in [1.29, 1.82) is 0 Å². The highest BCUT2D eigenvalue weighted by atomic mass is 16.3. The van der Waals surface area contributed by atoms with Gasteiger partial charge in [-0.3, -0.25) is 0 Å². The Labute approximate surface area is 70.7 Å². The Morgan fingerprint density at radius 2 is 2.17 bits per heavy atom. The van der Waals surface area contributed by atoms with Gasteiger partial charge in [-0.05, 0) is 11.6 Å². The van der Waals surface area contributed by atoms with Crippen LogP contribution >= 0.6 is 0 Å². The average molecular weight is 171 g/mol. The fourth-order valence-corrected chi connectivity index (χ4v) is 0.999. The minimum absolute atomic E-state index is 0.00220. The largest absolute Gasteiger partial charge is 0.394 e. The van der Waals surface area contributed by atoms with Crippen LogP contribution in [-0.4, -0.2) is 32.6 Å². The van der Waals surface area contributed by atoms with Crippen molar-refractivity contribution < 1.29 is 15.3 Å². The van der Waals surface area contributed by atoms with Gasteiger partial charge in [-0.1, -0.05) is 0 Å². The molecule has 12 heavy (non-hydrogen) atoms. The summed E-state index contributed by atoms with van der Waals surface area (Å²) in [6, 6.07) is 1.77. The monoisotopic (exact) mass is 171 g/mol. The molecule has 0 aliphatic carbocycles. The van der Waals surface area contributed by atoms with Crippen molar-refractivity contribution in [3.8, 4) is 0 Å². The molecule has 4 nitrogen and oxygen atoms in total. The zero-order valence-electron chi connectivity index (χ0n) is 6.72. The number of nitrogens with zero attached hydrogens (tertiary/aromatic N) is 1. The Morgan fingerprint density at radius 3 is 2.67 bits per heavy atom. The van der Waals surface area contributed by atoms with Crippen molar-refractivity contribution >= 4 is 0 Å². The fraction of sp³-hybridized carbons (Fsp3) is 0.500. The molecule has 0 amide bonds. The number of rotatable bonds is 4. The number of aliphatic hydroxyl groups excluding tert-OH is 3. The van der Waals surface area contributed by atoms with Crippen LogP contribution in [0.1, 0.15) is 5.56 Å². The third kappa shape index (κ3) is 2.34. The van der Waals surface area contributed by atoms with Crippen molar-refractivity contribution in [1.82, 2.24) is 4.57 Å². The van der Waals surface area contributed by atoms with Gasteiger partial charge in [0.15, 0.2) is 0 Å². The fourth-order valence-electron chi connectivity index (χ4n) is 0.999. The lowest BCUT2D eigenvalue weighted by Crippen LogP contribution is -2.18. The first kappa shape index (κ1) is 9.25. The van der Waals surface area contributed by atoms with E-state index in [0.29, 0.717) is 6.54 Å². The van der Waals surface area contributed by atoms with Crippen molar-refractivity contribution in [2.75, 3.05) is 6.61 Å². The van der Waals surface area contributed by atoms with E-state index in [4.69, 9.17) is 15.3 Å². The van der Waals surface area contributed by atoms with Gasteiger partial charge in [0.2, 0.25) is 0 Å². The van der Waals surface area contributed by atoms with Crippen LogP contribution in [0.4, 0.5) is 0 Å². The number of hydrogen-bond donors (Lipinski definition) is 3. The average Bonchev–Trinajstić information content (AvgIpc) is 2.52. The van der Waals surface area contributed by atoms with E-state index in [1.54, 1.807) is 23.0 Å². The van der Waals surface area contributed by atoms with Gasteiger partial charge in [-0.15, -0.1) is 0 Å². The number of aromatic nitrogens is 1. The summed E-state index contributed by atoms with van der Waals surface area (Å²) in [5, 5.41) is 26.3. The molecule has 1 aromatic heterocycles. The predicted octanol–water partition coefficient (Wildman–Crippen LogP) is -0.666. The summed E-state index contributed by atoms with van der Waals surface area (Å²) in [5.74, 6) is 0. The molecule has 0 spiro atoms. The lowest BCUT2D eigenvalue weighted by molar-refractivity contribution is 0.0812. The van der Waals surface area contributed by atoms with Gasteiger partial charge < -0.3 is 19.9 Å². The SMILES string of the molecule is OCc1ccn(CC(O)CO)c1. The van der Waals surface area contributed by atoms with E-state index in [9.17, 15) is 0 Å². The molecule has 3 N–H and O–H groups in total. The molecule has 68 valence electrons. The van der Waals surface area contributed by atoms with Crippen molar-refractivity contribution in [2.45, 2.75) is 19.3 Å². The van der Waals surface area contributed by atoms with Crippen LogP contribution in [0.5, 0.6) is 0 Å². The van der Waals surface area contributed by atoms with Gasteiger partial charge >= 0.3 is 0 Å². The predicted molar refractivity (Wildman–Crippen MR) is 43.4 cm³/mol. The van der Waals surface area contributed by atoms with E-state index in [1.165, 1.54) is 0 Å². The summed E-state index contributed by atoms with van der Waals surface area (Å²) in [4.78, 5) is 0. The maximum Gasteiger partial charge on any atom is 0.0949 e. The lowest BCUT2D eigenvalue weighted by Gasteiger charge is -2.07. The van der Waals surface area contributed by atoms with E-state index in [2.05, 4.69) is 0 Å². The van der Waals surface area contributed by atoms with Crippen LogP contribution in [0.15, 0.2) is 18.5 Å². The first-order chi connectivity index (χ1) is 5.76. The Kier molecular flexibility index (Phi) is 3.28. The van der Waals surface area contributed by atoms with Crippen LogP contribution in [0, 0.1) is 0 Å². The Bertz CT molecular complexity index is 234. The second-order valence-electron chi connectivity index (χ2n) is 2.71. The van der Waals surface area contributed by atoms with Gasteiger partial charge in [0.1, 0.15) is 0 Å². The van der Waals surface area contributed by atoms with Crippen molar-refractivity contribution in [2.24, 2.45) is 0 Å². The smallest absolute Gasteiger partial charge is 0.0949 e. The van der Waals surface area contributed by atoms with Crippen LogP contribution in [0.25, 0.3) is 0 Å². The highest BCUT2D eigenvalue weighted by molar-refractivity contribution is 5.08. The van der Waals surface area contributed by atoms with E-state index < -0.39 is 6.10 Å². The quantitative estimate of drug-likeness (QED) is 0.563. The molecule has 0 saturated heterocycles. The molecule has 0 aromatic carbocycles. The zero-order chi connectivity index (χ0) is 8.97. The topological polar surface area (TPSA) is 65.6 Å². The highest BCUT2D eigenvalue weighted by Gasteiger charge is 2.02. The molecule has 0 aliphatic rings. The minimum atomic E-state index is -0.732. The van der Waals surface area contributed by atoms with Gasteiger partial charge in [-0.25, -0.2) is 0 Å². The summed E-state index contributed by atoms with van der Waals surface area (Å²) in [5.41, 5.74) is 0.806. The highest BCUT2D eigenvalue weighted by Crippen LogP contribution is 2.01. The molecule has 1 aromatic rings. The molecule has 1 unspecified atom stereocenters.